The Morgan fingerprint density at radius 1 is 1.15 bits per heavy atom. The van der Waals surface area contributed by atoms with Gasteiger partial charge in [0.2, 0.25) is 11.8 Å². The fourth-order valence-electron chi connectivity index (χ4n) is 3.06. The van der Waals surface area contributed by atoms with Crippen LogP contribution in [0.2, 0.25) is 0 Å². The van der Waals surface area contributed by atoms with Crippen LogP contribution in [0.1, 0.15) is 50.7 Å². The molecular weight excluding hydrogens is 422 g/mol. The number of pyridine rings is 1. The second kappa shape index (κ2) is 11.5. The first-order valence-electron chi connectivity index (χ1n) is 10.9. The molecule has 10 heteroatoms. The lowest BCUT2D eigenvalue weighted by atomic mass is 10.1. The van der Waals surface area contributed by atoms with Gasteiger partial charge in [-0.25, -0.2) is 9.67 Å². The number of carbonyl (C=O) groups excluding carboxylic acids is 1. The van der Waals surface area contributed by atoms with Gasteiger partial charge in [-0.05, 0) is 42.3 Å². The minimum Gasteiger partial charge on any atom is -0.475 e. The van der Waals surface area contributed by atoms with Crippen LogP contribution < -0.4 is 15.8 Å². The summed E-state index contributed by atoms with van der Waals surface area (Å²) in [6.07, 6.45) is 2.38. The van der Waals surface area contributed by atoms with Gasteiger partial charge in [0.05, 0.1) is 24.8 Å². The van der Waals surface area contributed by atoms with Crippen molar-refractivity contribution in [2.24, 2.45) is 5.73 Å². The maximum absolute atomic E-state index is 12.7. The third-order valence-electron chi connectivity index (χ3n) is 5.00. The van der Waals surface area contributed by atoms with E-state index in [0.717, 1.165) is 5.56 Å². The smallest absolute Gasteiger partial charge is 0.240 e. The molecule has 10 nitrogen and oxygen atoms in total. The van der Waals surface area contributed by atoms with E-state index in [-0.39, 0.29) is 18.6 Å². The zero-order chi connectivity index (χ0) is 23.7. The average molecular weight is 454 g/mol. The number of hydrogen-bond donors (Lipinski definition) is 2. The lowest BCUT2D eigenvalue weighted by Gasteiger charge is -2.25. The first-order valence-corrected chi connectivity index (χ1v) is 10.9. The van der Waals surface area contributed by atoms with E-state index in [9.17, 15) is 4.79 Å². The van der Waals surface area contributed by atoms with E-state index in [2.05, 4.69) is 25.8 Å². The zero-order valence-electron chi connectivity index (χ0n) is 19.2. The van der Waals surface area contributed by atoms with Crippen LogP contribution in [0.3, 0.4) is 0 Å². The number of aromatic nitrogens is 5. The number of amides is 1. The number of hydrogen-bond acceptors (Lipinski definition) is 8. The number of nitrogens with zero attached hydrogens (tertiary/aromatic N) is 5. The summed E-state index contributed by atoms with van der Waals surface area (Å²) in [5, 5.41) is 15.2. The summed E-state index contributed by atoms with van der Waals surface area (Å²) in [7, 11) is 0. The van der Waals surface area contributed by atoms with Crippen molar-refractivity contribution >= 4 is 5.91 Å². The molecule has 0 radical (unpaired) electrons. The van der Waals surface area contributed by atoms with Gasteiger partial charge in [0, 0.05) is 12.3 Å². The predicted molar refractivity (Wildman–Crippen MR) is 122 cm³/mol. The van der Waals surface area contributed by atoms with Crippen LogP contribution in [0.25, 0.3) is 0 Å². The van der Waals surface area contributed by atoms with Gasteiger partial charge in [-0.2, -0.15) is 0 Å². The Morgan fingerprint density at radius 3 is 2.58 bits per heavy atom. The molecule has 3 N–H and O–H groups in total. The summed E-state index contributed by atoms with van der Waals surface area (Å²) in [6.45, 7) is 6.18. The molecule has 3 aromatic rings. The molecule has 0 bridgehead atoms. The van der Waals surface area contributed by atoms with Crippen LogP contribution in [0.5, 0.6) is 5.88 Å². The van der Waals surface area contributed by atoms with Gasteiger partial charge in [0.1, 0.15) is 12.6 Å². The molecule has 0 unspecified atom stereocenters. The molecule has 1 aromatic carbocycles. The van der Waals surface area contributed by atoms with E-state index in [1.165, 1.54) is 0 Å². The molecule has 0 fully saturated rings. The van der Waals surface area contributed by atoms with E-state index in [1.54, 1.807) is 30.8 Å². The Labute approximate surface area is 193 Å². The number of nitrogens with two attached hydrogens (primary N) is 1. The Bertz CT molecular complexity index is 990. The minimum absolute atomic E-state index is 0.170. The second-order valence-electron chi connectivity index (χ2n) is 8.27. The number of nitrogens with one attached hydrogen (secondary N) is 1. The monoisotopic (exact) mass is 453 g/mol. The van der Waals surface area contributed by atoms with Gasteiger partial charge in [-0.1, -0.05) is 43.3 Å². The first kappa shape index (κ1) is 24.3. The van der Waals surface area contributed by atoms with E-state index in [1.807, 2.05) is 49.4 Å². The maximum Gasteiger partial charge on any atom is 0.240 e. The minimum atomic E-state index is -1.07. The molecule has 0 saturated heterocycles. The number of carbonyl (C=O) groups is 1. The largest absolute Gasteiger partial charge is 0.475 e. The molecule has 0 aliphatic rings. The second-order valence-corrected chi connectivity index (χ2v) is 8.27. The fourth-order valence-corrected chi connectivity index (χ4v) is 3.06. The third-order valence-corrected chi connectivity index (χ3v) is 5.00. The Balaban J connectivity index is 1.75. The molecule has 0 aliphatic heterocycles. The first-order chi connectivity index (χ1) is 15.9. The molecule has 176 valence electrons. The summed E-state index contributed by atoms with van der Waals surface area (Å²) in [4.78, 5) is 16.8. The molecule has 1 amide bonds. The normalized spacial score (nSPS) is 13.3. The zero-order valence-corrected chi connectivity index (χ0v) is 19.2. The highest BCUT2D eigenvalue weighted by atomic mass is 16.5. The van der Waals surface area contributed by atoms with Gasteiger partial charge >= 0.3 is 0 Å². The summed E-state index contributed by atoms with van der Waals surface area (Å²) in [6, 6.07) is 14.5. The highest BCUT2D eigenvalue weighted by molar-refractivity contribution is 5.85. The maximum atomic E-state index is 12.7. The highest BCUT2D eigenvalue weighted by Gasteiger charge is 2.30. The van der Waals surface area contributed by atoms with Crippen molar-refractivity contribution in [2.45, 2.75) is 51.4 Å². The van der Waals surface area contributed by atoms with Crippen LogP contribution in [0.15, 0.2) is 54.7 Å². The van der Waals surface area contributed by atoms with E-state index in [4.69, 9.17) is 15.2 Å². The number of benzene rings is 1. The average Bonchev–Trinajstić information content (AvgIpc) is 3.29. The van der Waals surface area contributed by atoms with Gasteiger partial charge in [-0.15, -0.1) is 5.10 Å². The van der Waals surface area contributed by atoms with Crippen molar-refractivity contribution < 1.29 is 14.3 Å². The quantitative estimate of drug-likeness (QED) is 0.427. The van der Waals surface area contributed by atoms with E-state index >= 15 is 0 Å². The Morgan fingerprint density at radius 2 is 1.91 bits per heavy atom. The van der Waals surface area contributed by atoms with Crippen LogP contribution >= 0.6 is 0 Å². The SMILES string of the molecule is CC[C@H](COc1ccccn1)n1nnnc1[C@@H](COCc1ccccc1)NC(=O)C(C)(C)N. The topological polar surface area (TPSA) is 130 Å². The predicted octanol–water partition coefficient (Wildman–Crippen LogP) is 2.21. The Hall–Kier alpha value is -3.37. The van der Waals surface area contributed by atoms with Crippen molar-refractivity contribution in [3.8, 4) is 5.88 Å². The third kappa shape index (κ3) is 7.06. The van der Waals surface area contributed by atoms with Crippen LogP contribution in [-0.2, 0) is 16.1 Å². The number of tetrazole rings is 1. The molecular formula is C23H31N7O3. The summed E-state index contributed by atoms with van der Waals surface area (Å²) in [5.41, 5.74) is 5.96. The standard InChI is InChI=1S/C23H31N7O3/c1-4-18(15-33-20-12-8-9-13-25-20)30-21(27-28-29-30)19(26-22(31)23(2,3)24)16-32-14-17-10-6-5-7-11-17/h5-13,18-19H,4,14-16,24H2,1-3H3,(H,26,31)/t18-,19-/m1/s1. The van der Waals surface area contributed by atoms with Gasteiger partial charge in [-0.3, -0.25) is 4.79 Å². The molecule has 2 atom stereocenters. The fraction of sp³-hybridized carbons (Fsp3) is 0.435. The molecule has 2 heterocycles. The molecule has 0 aliphatic carbocycles. The molecule has 33 heavy (non-hydrogen) atoms. The van der Waals surface area contributed by atoms with Gasteiger partial charge in [0.15, 0.2) is 5.82 Å². The van der Waals surface area contributed by atoms with Gasteiger partial charge in [0.25, 0.3) is 0 Å². The lowest BCUT2D eigenvalue weighted by molar-refractivity contribution is -0.126. The molecule has 0 saturated carbocycles. The van der Waals surface area contributed by atoms with Crippen molar-refractivity contribution in [1.82, 2.24) is 30.5 Å². The van der Waals surface area contributed by atoms with Crippen LogP contribution in [0, 0.1) is 0 Å². The van der Waals surface area contributed by atoms with Crippen molar-refractivity contribution in [2.75, 3.05) is 13.2 Å². The number of ether oxygens (including phenoxy) is 2. The highest BCUT2D eigenvalue weighted by Crippen LogP contribution is 2.20. The molecule has 2 aromatic heterocycles. The van der Waals surface area contributed by atoms with Crippen molar-refractivity contribution in [3.63, 3.8) is 0 Å². The van der Waals surface area contributed by atoms with Crippen LogP contribution in [0.4, 0.5) is 0 Å². The van der Waals surface area contributed by atoms with Gasteiger partial charge < -0.3 is 20.5 Å². The van der Waals surface area contributed by atoms with Crippen molar-refractivity contribution in [3.05, 3.63) is 66.1 Å². The van der Waals surface area contributed by atoms with Crippen molar-refractivity contribution in [1.29, 1.82) is 0 Å². The summed E-state index contributed by atoms with van der Waals surface area (Å²) in [5.74, 6) is 0.659. The lowest BCUT2D eigenvalue weighted by Crippen LogP contribution is -2.51. The summed E-state index contributed by atoms with van der Waals surface area (Å²) < 4.78 is 13.4. The molecule has 0 spiro atoms. The van der Waals surface area contributed by atoms with E-state index < -0.39 is 11.6 Å². The van der Waals surface area contributed by atoms with Crippen LogP contribution in [-0.4, -0.2) is 49.9 Å². The summed E-state index contributed by atoms with van der Waals surface area (Å²) >= 11 is 0. The van der Waals surface area contributed by atoms with E-state index in [0.29, 0.717) is 31.3 Å². The number of rotatable bonds is 12. The molecule has 3 rings (SSSR count). The Kier molecular flexibility index (Phi) is 8.45.